The van der Waals surface area contributed by atoms with Crippen LogP contribution in [0, 0.1) is 0 Å². The molecule has 110 valence electrons. The Hall–Kier alpha value is -1.48. The number of aromatic nitrogens is 2. The average molecular weight is 305 g/mol. The van der Waals surface area contributed by atoms with E-state index in [0.717, 1.165) is 19.2 Å². The Kier molecular flexibility index (Phi) is 4.39. The van der Waals surface area contributed by atoms with Crippen LogP contribution in [0.4, 0.5) is 19.0 Å². The minimum absolute atomic E-state index is 0.438. The van der Waals surface area contributed by atoms with E-state index < -0.39 is 11.9 Å². The fourth-order valence-electron chi connectivity index (χ4n) is 2.00. The Labute approximate surface area is 119 Å². The molecule has 0 aromatic carbocycles. The maximum absolute atomic E-state index is 12.4. The zero-order chi connectivity index (χ0) is 14.8. The lowest BCUT2D eigenvalue weighted by Crippen LogP contribution is -2.48. The van der Waals surface area contributed by atoms with Crippen LogP contribution in [0.15, 0.2) is 12.1 Å². The van der Waals surface area contributed by atoms with Crippen LogP contribution in [0.2, 0.25) is 0 Å². The van der Waals surface area contributed by atoms with Gasteiger partial charge in [0.25, 0.3) is 0 Å². The molecule has 2 heterocycles. The van der Waals surface area contributed by atoms with Gasteiger partial charge in [0.2, 0.25) is 0 Å². The van der Waals surface area contributed by atoms with Crippen LogP contribution in [0.3, 0.4) is 0 Å². The molecule has 2 rings (SSSR count). The van der Waals surface area contributed by atoms with E-state index in [1.165, 1.54) is 6.07 Å². The summed E-state index contributed by atoms with van der Waals surface area (Å²) in [5.74, 6) is 0.452. The van der Waals surface area contributed by atoms with E-state index in [2.05, 4.69) is 15.1 Å². The first-order valence-corrected chi connectivity index (χ1v) is 6.43. The Morgan fingerprint density at radius 1 is 1.20 bits per heavy atom. The lowest BCUT2D eigenvalue weighted by Gasteiger charge is -2.34. The molecule has 1 aromatic rings. The van der Waals surface area contributed by atoms with E-state index in [1.54, 1.807) is 0 Å². The van der Waals surface area contributed by atoms with E-state index in [1.807, 2.05) is 4.90 Å². The second-order valence-corrected chi connectivity index (χ2v) is 5.03. The molecule has 1 aliphatic rings. The van der Waals surface area contributed by atoms with Gasteiger partial charge >= 0.3 is 6.18 Å². The van der Waals surface area contributed by atoms with Crippen molar-refractivity contribution in [3.05, 3.63) is 17.8 Å². The van der Waals surface area contributed by atoms with E-state index in [0.29, 0.717) is 30.4 Å². The molecule has 1 fully saturated rings. The Balaban J connectivity index is 1.95. The molecule has 0 saturated carbocycles. The molecule has 0 spiro atoms. The summed E-state index contributed by atoms with van der Waals surface area (Å²) in [5, 5.41) is 6.86. The second kappa shape index (κ2) is 5.88. The number of nitrogens with two attached hydrogens (primary N) is 1. The lowest BCUT2D eigenvalue weighted by molar-refractivity contribution is -0.141. The summed E-state index contributed by atoms with van der Waals surface area (Å²) in [6, 6.07) is 2.29. The molecular formula is C11H14F3N5S. The van der Waals surface area contributed by atoms with Crippen molar-refractivity contribution in [3.8, 4) is 0 Å². The zero-order valence-electron chi connectivity index (χ0n) is 10.6. The van der Waals surface area contributed by atoms with E-state index >= 15 is 0 Å². The van der Waals surface area contributed by atoms with Crippen LogP contribution in [-0.4, -0.2) is 52.8 Å². The maximum Gasteiger partial charge on any atom is 0.435 e. The summed E-state index contributed by atoms with van der Waals surface area (Å²) in [6.07, 6.45) is -4.46. The second-order valence-electron chi connectivity index (χ2n) is 4.50. The molecule has 0 unspecified atom stereocenters. The molecule has 1 aliphatic heterocycles. The van der Waals surface area contributed by atoms with Crippen molar-refractivity contribution in [2.24, 2.45) is 5.73 Å². The highest BCUT2D eigenvalue weighted by Crippen LogP contribution is 2.27. The van der Waals surface area contributed by atoms with Crippen LogP contribution in [0.25, 0.3) is 0 Å². The lowest BCUT2D eigenvalue weighted by atomic mass is 10.3. The van der Waals surface area contributed by atoms with Gasteiger partial charge in [0.1, 0.15) is 0 Å². The number of anilines is 1. The monoisotopic (exact) mass is 305 g/mol. The highest BCUT2D eigenvalue weighted by atomic mass is 32.1. The van der Waals surface area contributed by atoms with Crippen molar-refractivity contribution in [2.75, 3.05) is 37.6 Å². The molecule has 5 nitrogen and oxygen atoms in total. The standard InChI is InChI=1S/C11H14F3N5S/c12-11(13,14)8-1-2-10(17-16-8)19-5-3-18(4-6-19)7-9(15)20/h1-2H,3-7H2,(H2,15,20). The number of alkyl halides is 3. The molecule has 0 atom stereocenters. The SMILES string of the molecule is NC(=S)CN1CCN(c2ccc(C(F)(F)F)nn2)CC1. The third-order valence-corrected chi connectivity index (χ3v) is 3.15. The quantitative estimate of drug-likeness (QED) is 0.838. The van der Waals surface area contributed by atoms with Crippen molar-refractivity contribution in [1.82, 2.24) is 15.1 Å². The van der Waals surface area contributed by atoms with Gasteiger partial charge in [-0.2, -0.15) is 13.2 Å². The molecule has 1 aromatic heterocycles. The van der Waals surface area contributed by atoms with Crippen molar-refractivity contribution in [2.45, 2.75) is 6.18 Å². The van der Waals surface area contributed by atoms with E-state index in [4.69, 9.17) is 18.0 Å². The van der Waals surface area contributed by atoms with Gasteiger partial charge in [-0.05, 0) is 12.1 Å². The van der Waals surface area contributed by atoms with E-state index in [9.17, 15) is 13.2 Å². The Morgan fingerprint density at radius 2 is 1.85 bits per heavy atom. The summed E-state index contributed by atoms with van der Waals surface area (Å²) < 4.78 is 37.2. The zero-order valence-corrected chi connectivity index (χ0v) is 11.4. The van der Waals surface area contributed by atoms with Crippen LogP contribution < -0.4 is 10.6 Å². The Morgan fingerprint density at radius 3 is 2.30 bits per heavy atom. The highest BCUT2D eigenvalue weighted by molar-refractivity contribution is 7.80. The number of hydrogen-bond acceptors (Lipinski definition) is 5. The number of thiocarbonyl (C=S) groups is 1. The maximum atomic E-state index is 12.4. The molecule has 0 aliphatic carbocycles. The first kappa shape index (κ1) is 14.9. The summed E-state index contributed by atoms with van der Waals surface area (Å²) in [4.78, 5) is 4.42. The van der Waals surface area contributed by atoms with Crippen molar-refractivity contribution in [3.63, 3.8) is 0 Å². The fourth-order valence-corrected chi connectivity index (χ4v) is 2.18. The largest absolute Gasteiger partial charge is 0.435 e. The molecule has 20 heavy (non-hydrogen) atoms. The molecule has 0 amide bonds. The first-order valence-electron chi connectivity index (χ1n) is 6.03. The minimum Gasteiger partial charge on any atom is -0.392 e. The van der Waals surface area contributed by atoms with E-state index in [-0.39, 0.29) is 0 Å². The third kappa shape index (κ3) is 3.76. The summed E-state index contributed by atoms with van der Waals surface area (Å²) in [5.41, 5.74) is 4.50. The van der Waals surface area contributed by atoms with Crippen LogP contribution in [0.1, 0.15) is 5.69 Å². The van der Waals surface area contributed by atoms with Gasteiger partial charge in [-0.15, -0.1) is 10.2 Å². The normalized spacial score (nSPS) is 17.2. The number of nitrogens with zero attached hydrogens (tertiary/aromatic N) is 4. The van der Waals surface area contributed by atoms with Gasteiger partial charge in [-0.1, -0.05) is 12.2 Å². The number of piperazine rings is 1. The number of halogens is 3. The molecular weight excluding hydrogens is 291 g/mol. The van der Waals surface area contributed by atoms with Crippen LogP contribution in [0.5, 0.6) is 0 Å². The van der Waals surface area contributed by atoms with Gasteiger partial charge in [0, 0.05) is 32.7 Å². The minimum atomic E-state index is -4.46. The van der Waals surface area contributed by atoms with Crippen LogP contribution in [-0.2, 0) is 6.18 Å². The molecule has 0 radical (unpaired) electrons. The third-order valence-electron chi connectivity index (χ3n) is 3.02. The smallest absolute Gasteiger partial charge is 0.392 e. The molecule has 2 N–H and O–H groups in total. The first-order chi connectivity index (χ1) is 9.36. The summed E-state index contributed by atoms with van der Waals surface area (Å²) in [7, 11) is 0. The van der Waals surface area contributed by atoms with Crippen molar-refractivity contribution < 1.29 is 13.2 Å². The average Bonchev–Trinajstić information content (AvgIpc) is 2.38. The molecule has 9 heteroatoms. The summed E-state index contributed by atoms with van der Waals surface area (Å²) in [6.45, 7) is 3.34. The highest BCUT2D eigenvalue weighted by Gasteiger charge is 2.33. The van der Waals surface area contributed by atoms with Gasteiger partial charge in [0.05, 0.1) is 4.99 Å². The van der Waals surface area contributed by atoms with Gasteiger partial charge < -0.3 is 10.6 Å². The topological polar surface area (TPSA) is 58.3 Å². The van der Waals surface area contributed by atoms with Crippen LogP contribution >= 0.6 is 12.2 Å². The van der Waals surface area contributed by atoms with Gasteiger partial charge in [0.15, 0.2) is 11.5 Å². The number of rotatable bonds is 3. The molecule has 1 saturated heterocycles. The van der Waals surface area contributed by atoms with Gasteiger partial charge in [-0.3, -0.25) is 4.90 Å². The predicted octanol–water partition coefficient (Wildman–Crippen LogP) is 0.903. The van der Waals surface area contributed by atoms with Crippen molar-refractivity contribution >= 4 is 23.0 Å². The summed E-state index contributed by atoms with van der Waals surface area (Å²) >= 11 is 4.84. The van der Waals surface area contributed by atoms with Gasteiger partial charge in [-0.25, -0.2) is 0 Å². The van der Waals surface area contributed by atoms with Crippen molar-refractivity contribution in [1.29, 1.82) is 0 Å². The Bertz CT molecular complexity index is 468. The predicted molar refractivity (Wildman–Crippen MR) is 72.5 cm³/mol. The molecule has 0 bridgehead atoms. The fraction of sp³-hybridized carbons (Fsp3) is 0.545. The number of hydrogen-bond donors (Lipinski definition) is 1.